The number of rotatable bonds is 3. The monoisotopic (exact) mass is 285 g/mol. The van der Waals surface area contributed by atoms with Gasteiger partial charge in [-0.05, 0) is 31.3 Å². The van der Waals surface area contributed by atoms with Crippen LogP contribution in [0.2, 0.25) is 0 Å². The minimum atomic E-state index is 0.404. The summed E-state index contributed by atoms with van der Waals surface area (Å²) in [5.74, 6) is 0.555. The van der Waals surface area contributed by atoms with Gasteiger partial charge in [0, 0.05) is 23.7 Å². The number of pyridine rings is 1. The van der Waals surface area contributed by atoms with Gasteiger partial charge in [-0.15, -0.1) is 0 Å². The van der Waals surface area contributed by atoms with Gasteiger partial charge in [-0.2, -0.15) is 20.0 Å². The molecule has 0 aliphatic heterocycles. The maximum Gasteiger partial charge on any atom is 0.216 e. The quantitative estimate of drug-likeness (QED) is 0.568. The number of hydrogen-bond acceptors (Lipinski definition) is 5. The highest BCUT2D eigenvalue weighted by Gasteiger charge is 2.10. The zero-order chi connectivity index (χ0) is 13.9. The van der Waals surface area contributed by atoms with Crippen LogP contribution in [0.1, 0.15) is 11.3 Å². The third kappa shape index (κ3) is 2.41. The van der Waals surface area contributed by atoms with Crippen LogP contribution in [0.3, 0.4) is 0 Å². The molecule has 8 heteroatoms. The maximum absolute atomic E-state index is 5.17. The first-order valence-corrected chi connectivity index (χ1v) is 6.29. The third-order valence-electron chi connectivity index (χ3n) is 2.59. The smallest absolute Gasteiger partial charge is 0.216 e. The topological polar surface area (TPSA) is 87.5 Å². The van der Waals surface area contributed by atoms with Crippen molar-refractivity contribution in [1.29, 1.82) is 0 Å². The van der Waals surface area contributed by atoms with E-state index in [0.717, 1.165) is 11.3 Å². The van der Waals surface area contributed by atoms with E-state index in [1.54, 1.807) is 18.6 Å². The molecule has 0 radical (unpaired) electrons. The second-order valence-corrected chi connectivity index (χ2v) is 4.52. The van der Waals surface area contributed by atoms with Gasteiger partial charge in [-0.3, -0.25) is 10.1 Å². The number of aromatic nitrogens is 6. The summed E-state index contributed by atoms with van der Waals surface area (Å²) >= 11 is 5.17. The molecule has 3 aromatic rings. The van der Waals surface area contributed by atoms with E-state index in [-0.39, 0.29) is 0 Å². The third-order valence-corrected chi connectivity index (χ3v) is 2.86. The Bertz CT molecular complexity index is 797. The van der Waals surface area contributed by atoms with Crippen LogP contribution in [0.15, 0.2) is 35.7 Å². The second-order valence-electron chi connectivity index (χ2n) is 4.13. The van der Waals surface area contributed by atoms with Crippen molar-refractivity contribution in [2.45, 2.75) is 6.92 Å². The van der Waals surface area contributed by atoms with Crippen molar-refractivity contribution in [3.63, 3.8) is 0 Å². The summed E-state index contributed by atoms with van der Waals surface area (Å²) in [6.07, 6.45) is 5.09. The van der Waals surface area contributed by atoms with Gasteiger partial charge in [-0.1, -0.05) is 6.07 Å². The number of nitrogens with one attached hydrogen (secondary N) is 2. The summed E-state index contributed by atoms with van der Waals surface area (Å²) < 4.78 is 1.93. The summed E-state index contributed by atoms with van der Waals surface area (Å²) in [4.78, 5) is 4.02. The molecule has 0 unspecified atom stereocenters. The zero-order valence-electron chi connectivity index (χ0n) is 10.6. The molecule has 3 rings (SSSR count). The van der Waals surface area contributed by atoms with Crippen molar-refractivity contribution in [3.05, 3.63) is 46.6 Å². The Morgan fingerprint density at radius 2 is 2.25 bits per heavy atom. The van der Waals surface area contributed by atoms with Crippen molar-refractivity contribution >= 4 is 18.4 Å². The Hall–Kier alpha value is -2.61. The molecule has 0 atom stereocenters. The van der Waals surface area contributed by atoms with E-state index in [2.05, 4.69) is 30.5 Å². The lowest BCUT2D eigenvalue weighted by Gasteiger charge is -1.96. The second kappa shape index (κ2) is 5.17. The maximum atomic E-state index is 5.17. The van der Waals surface area contributed by atoms with Crippen molar-refractivity contribution in [2.75, 3.05) is 0 Å². The molecule has 0 spiro atoms. The number of nitrogens with zero attached hydrogens (tertiary/aromatic N) is 5. The molecular weight excluding hydrogens is 274 g/mol. The van der Waals surface area contributed by atoms with E-state index >= 15 is 0 Å². The SMILES string of the molecule is Cc1cc(-c2n[nH]c(=S)n2/N=C\c2cccnc2)n[nH]1. The Kier molecular flexibility index (Phi) is 3.21. The molecule has 100 valence electrons. The van der Waals surface area contributed by atoms with E-state index in [1.807, 2.05) is 25.1 Å². The van der Waals surface area contributed by atoms with E-state index < -0.39 is 0 Å². The molecule has 3 heterocycles. The van der Waals surface area contributed by atoms with E-state index in [4.69, 9.17) is 12.2 Å². The zero-order valence-corrected chi connectivity index (χ0v) is 11.4. The number of H-pyrrole nitrogens is 2. The van der Waals surface area contributed by atoms with Crippen molar-refractivity contribution < 1.29 is 0 Å². The molecule has 3 aromatic heterocycles. The summed E-state index contributed by atoms with van der Waals surface area (Å²) in [6.45, 7) is 1.92. The lowest BCUT2D eigenvalue weighted by Crippen LogP contribution is -1.95. The molecule has 7 nitrogen and oxygen atoms in total. The van der Waals surface area contributed by atoms with Crippen LogP contribution in [0.4, 0.5) is 0 Å². The molecule has 20 heavy (non-hydrogen) atoms. The fraction of sp³-hybridized carbons (Fsp3) is 0.0833. The van der Waals surface area contributed by atoms with Gasteiger partial charge in [0.05, 0.1) is 6.21 Å². The van der Waals surface area contributed by atoms with Crippen LogP contribution in [-0.2, 0) is 0 Å². The first kappa shape index (κ1) is 12.4. The summed E-state index contributed by atoms with van der Waals surface area (Å²) in [6, 6.07) is 5.62. The van der Waals surface area contributed by atoms with Gasteiger partial charge in [0.1, 0.15) is 5.69 Å². The number of aryl methyl sites for hydroxylation is 1. The van der Waals surface area contributed by atoms with Crippen LogP contribution >= 0.6 is 12.2 Å². The molecule has 0 saturated carbocycles. The van der Waals surface area contributed by atoms with Gasteiger partial charge in [0.2, 0.25) is 10.6 Å². The molecule has 0 saturated heterocycles. The summed E-state index contributed by atoms with van der Waals surface area (Å²) in [5.41, 5.74) is 2.50. The Labute approximate surface area is 119 Å². The fourth-order valence-corrected chi connectivity index (χ4v) is 1.85. The molecule has 0 bridgehead atoms. The predicted molar refractivity (Wildman–Crippen MR) is 77.0 cm³/mol. The van der Waals surface area contributed by atoms with Crippen LogP contribution in [0, 0.1) is 11.7 Å². The predicted octanol–water partition coefficient (Wildman–Crippen LogP) is 1.92. The van der Waals surface area contributed by atoms with Crippen molar-refractivity contribution in [2.24, 2.45) is 5.10 Å². The minimum absolute atomic E-state index is 0.404. The highest BCUT2D eigenvalue weighted by molar-refractivity contribution is 7.71. The molecule has 0 fully saturated rings. The number of hydrogen-bond donors (Lipinski definition) is 2. The molecule has 0 aromatic carbocycles. The molecule has 0 aliphatic carbocycles. The lowest BCUT2D eigenvalue weighted by molar-refractivity contribution is 0.865. The summed E-state index contributed by atoms with van der Waals surface area (Å²) in [7, 11) is 0. The standard InChI is InChI=1S/C12H11N7S/c1-8-5-10(16-15-8)11-17-18-12(20)19(11)14-7-9-3-2-4-13-6-9/h2-7H,1H3,(H,15,16)(H,18,20)/b14-7-. The van der Waals surface area contributed by atoms with Crippen molar-refractivity contribution in [3.8, 4) is 11.5 Å². The largest absolute Gasteiger partial charge is 0.282 e. The van der Waals surface area contributed by atoms with Crippen LogP contribution in [0.5, 0.6) is 0 Å². The highest BCUT2D eigenvalue weighted by Crippen LogP contribution is 2.15. The highest BCUT2D eigenvalue weighted by atomic mass is 32.1. The van der Waals surface area contributed by atoms with Crippen molar-refractivity contribution in [1.82, 2.24) is 30.1 Å². The average molecular weight is 285 g/mol. The normalized spacial score (nSPS) is 11.2. The Balaban J connectivity index is 2.00. The van der Waals surface area contributed by atoms with E-state index in [1.165, 1.54) is 4.68 Å². The van der Waals surface area contributed by atoms with Gasteiger partial charge in [0.15, 0.2) is 0 Å². The first-order valence-electron chi connectivity index (χ1n) is 5.88. The molecule has 0 aliphatic rings. The fourth-order valence-electron chi connectivity index (χ4n) is 1.67. The van der Waals surface area contributed by atoms with E-state index in [0.29, 0.717) is 16.3 Å². The number of aromatic amines is 2. The Morgan fingerprint density at radius 1 is 1.35 bits per heavy atom. The van der Waals surface area contributed by atoms with Crippen LogP contribution in [-0.4, -0.2) is 36.3 Å². The Morgan fingerprint density at radius 3 is 2.95 bits per heavy atom. The van der Waals surface area contributed by atoms with Gasteiger partial charge < -0.3 is 0 Å². The molecular formula is C12H11N7S. The van der Waals surface area contributed by atoms with Gasteiger partial charge in [-0.25, -0.2) is 5.10 Å². The van der Waals surface area contributed by atoms with E-state index in [9.17, 15) is 0 Å². The minimum Gasteiger partial charge on any atom is -0.282 e. The lowest BCUT2D eigenvalue weighted by atomic mass is 10.3. The van der Waals surface area contributed by atoms with Crippen LogP contribution in [0.25, 0.3) is 11.5 Å². The first-order chi connectivity index (χ1) is 9.74. The molecule has 0 amide bonds. The summed E-state index contributed by atoms with van der Waals surface area (Å²) in [5, 5.41) is 18.2. The van der Waals surface area contributed by atoms with Gasteiger partial charge >= 0.3 is 0 Å². The van der Waals surface area contributed by atoms with Gasteiger partial charge in [0.25, 0.3) is 0 Å². The van der Waals surface area contributed by atoms with Crippen LogP contribution < -0.4 is 0 Å². The molecule has 2 N–H and O–H groups in total. The average Bonchev–Trinajstić information content (AvgIpc) is 3.04.